The van der Waals surface area contributed by atoms with E-state index < -0.39 is 34.7 Å². The van der Waals surface area contributed by atoms with Gasteiger partial charge in [-0.2, -0.15) is 0 Å². The minimum absolute atomic E-state index is 0.0994. The summed E-state index contributed by atoms with van der Waals surface area (Å²) in [7, 11) is 0. The smallest absolute Gasteiger partial charge is 0.429 e. The maximum Gasteiger partial charge on any atom is 0.429 e. The molecule has 23 heavy (non-hydrogen) atoms. The van der Waals surface area contributed by atoms with E-state index in [1.165, 1.54) is 0 Å². The van der Waals surface area contributed by atoms with Gasteiger partial charge in [0.05, 0.1) is 12.6 Å². The Morgan fingerprint density at radius 3 is 2.74 bits per heavy atom. The van der Waals surface area contributed by atoms with Crippen LogP contribution < -0.4 is 5.43 Å². The number of nitrogens with one attached hydrogen (secondary N) is 1. The third kappa shape index (κ3) is 5.05. The predicted octanol–water partition coefficient (Wildman–Crippen LogP) is 2.59. The molecule has 4 amide bonds. The molecule has 1 aliphatic carbocycles. The second kappa shape index (κ2) is 7.46. The molecule has 0 aromatic carbocycles. The Kier molecular flexibility index (Phi) is 5.83. The average molecular weight is 387 g/mol. The molecule has 1 heterocycles. The van der Waals surface area contributed by atoms with Crippen LogP contribution in [0.2, 0.25) is 0 Å². The van der Waals surface area contributed by atoms with Gasteiger partial charge in [-0.1, -0.05) is 47.0 Å². The molecule has 1 unspecified atom stereocenters. The normalized spacial score (nSPS) is 20.4. The Bertz CT molecular complexity index is 523. The molecular weight excluding hydrogens is 373 g/mol. The van der Waals surface area contributed by atoms with Gasteiger partial charge in [0, 0.05) is 0 Å². The minimum atomic E-state index is -1.77. The fraction of sp³-hybridized carbons (Fsp3) is 0.583. The lowest BCUT2D eigenvalue weighted by Gasteiger charge is -2.29. The van der Waals surface area contributed by atoms with Gasteiger partial charge in [0.15, 0.2) is 0 Å². The molecule has 0 bridgehead atoms. The number of imide groups is 1. The van der Waals surface area contributed by atoms with Crippen molar-refractivity contribution in [1.82, 2.24) is 15.3 Å². The van der Waals surface area contributed by atoms with Crippen LogP contribution in [0.5, 0.6) is 0 Å². The molecule has 2 rings (SSSR count). The zero-order valence-corrected chi connectivity index (χ0v) is 14.1. The standard InChI is InChI=1S/C12H14Cl3N3O5/c13-12(14,15)7-23-11(21)18(8-3-1-2-4-8)16-9(19)17-5-6-22-10(17)20/h1,3,8H,2,4-7H2,(H,16,19). The van der Waals surface area contributed by atoms with E-state index in [1.54, 1.807) is 6.08 Å². The van der Waals surface area contributed by atoms with Crippen molar-refractivity contribution in [1.29, 1.82) is 0 Å². The fourth-order valence-electron chi connectivity index (χ4n) is 2.05. The van der Waals surface area contributed by atoms with Gasteiger partial charge in [0.25, 0.3) is 0 Å². The number of urea groups is 1. The summed E-state index contributed by atoms with van der Waals surface area (Å²) in [5.74, 6) is 0. The average Bonchev–Trinajstić information content (AvgIpc) is 3.12. The first-order valence-electron chi connectivity index (χ1n) is 6.72. The molecule has 1 fully saturated rings. The number of rotatable bonds is 2. The Labute approximate surface area is 147 Å². The molecule has 2 aliphatic rings. The number of cyclic esters (lactones) is 1. The summed E-state index contributed by atoms with van der Waals surface area (Å²) in [4.78, 5) is 36.5. The van der Waals surface area contributed by atoms with E-state index in [0.717, 1.165) is 16.3 Å². The van der Waals surface area contributed by atoms with E-state index in [2.05, 4.69) is 10.2 Å². The fourth-order valence-corrected chi connectivity index (χ4v) is 2.21. The van der Waals surface area contributed by atoms with Crippen LogP contribution in [-0.4, -0.2) is 57.7 Å². The molecule has 1 aliphatic heterocycles. The van der Waals surface area contributed by atoms with Crippen LogP contribution in [0.3, 0.4) is 0 Å². The molecule has 0 aromatic heterocycles. The van der Waals surface area contributed by atoms with Crippen molar-refractivity contribution in [2.24, 2.45) is 0 Å². The number of carbonyl (C=O) groups excluding carboxylic acids is 3. The number of carbonyl (C=O) groups is 3. The van der Waals surface area contributed by atoms with Crippen molar-refractivity contribution >= 4 is 53.0 Å². The van der Waals surface area contributed by atoms with E-state index in [1.807, 2.05) is 6.08 Å². The summed E-state index contributed by atoms with van der Waals surface area (Å²) in [5, 5.41) is 0.966. The zero-order chi connectivity index (χ0) is 17.0. The SMILES string of the molecule is O=C(NN(C(=O)OCC(Cl)(Cl)Cl)C1C=CCC1)N1CCOC1=O. The molecular formula is C12H14Cl3N3O5. The number of nitrogens with zero attached hydrogens (tertiary/aromatic N) is 2. The number of allylic oxidation sites excluding steroid dienone is 1. The molecule has 1 N–H and O–H groups in total. The van der Waals surface area contributed by atoms with E-state index in [9.17, 15) is 14.4 Å². The third-order valence-electron chi connectivity index (χ3n) is 3.10. The van der Waals surface area contributed by atoms with Crippen molar-refractivity contribution in [3.63, 3.8) is 0 Å². The number of alkyl halides is 3. The third-order valence-corrected chi connectivity index (χ3v) is 3.42. The molecule has 11 heteroatoms. The monoisotopic (exact) mass is 385 g/mol. The van der Waals surface area contributed by atoms with Crippen molar-refractivity contribution in [3.8, 4) is 0 Å². The first kappa shape index (κ1) is 18.0. The number of hydrogen-bond acceptors (Lipinski definition) is 5. The number of hydrogen-bond donors (Lipinski definition) is 1. The second-order valence-electron chi connectivity index (χ2n) is 4.80. The van der Waals surface area contributed by atoms with Crippen LogP contribution in [-0.2, 0) is 9.47 Å². The van der Waals surface area contributed by atoms with Crippen LogP contribution in [0.25, 0.3) is 0 Å². The number of amides is 4. The Hall–Kier alpha value is -1.38. The zero-order valence-electron chi connectivity index (χ0n) is 11.8. The van der Waals surface area contributed by atoms with E-state index in [4.69, 9.17) is 39.5 Å². The van der Waals surface area contributed by atoms with E-state index in [-0.39, 0.29) is 13.2 Å². The molecule has 8 nitrogen and oxygen atoms in total. The lowest BCUT2D eigenvalue weighted by Crippen LogP contribution is -2.55. The highest BCUT2D eigenvalue weighted by Gasteiger charge is 2.34. The maximum absolute atomic E-state index is 12.2. The first-order chi connectivity index (χ1) is 10.8. The number of halogens is 3. The highest BCUT2D eigenvalue weighted by atomic mass is 35.6. The number of ether oxygens (including phenoxy) is 2. The van der Waals surface area contributed by atoms with E-state index >= 15 is 0 Å². The van der Waals surface area contributed by atoms with Gasteiger partial charge < -0.3 is 9.47 Å². The van der Waals surface area contributed by atoms with Gasteiger partial charge in [-0.15, -0.1) is 0 Å². The molecule has 0 spiro atoms. The summed E-state index contributed by atoms with van der Waals surface area (Å²) in [5.41, 5.74) is 2.33. The highest BCUT2D eigenvalue weighted by Crippen LogP contribution is 2.26. The lowest BCUT2D eigenvalue weighted by molar-refractivity contribution is 0.0727. The van der Waals surface area contributed by atoms with Crippen LogP contribution in [0.4, 0.5) is 14.4 Å². The topological polar surface area (TPSA) is 88.2 Å². The summed E-state index contributed by atoms with van der Waals surface area (Å²) in [6.45, 7) is -0.277. The van der Waals surface area contributed by atoms with Crippen molar-refractivity contribution in [3.05, 3.63) is 12.2 Å². The Morgan fingerprint density at radius 2 is 2.22 bits per heavy atom. The van der Waals surface area contributed by atoms with Crippen LogP contribution in [0, 0.1) is 0 Å². The van der Waals surface area contributed by atoms with Gasteiger partial charge in [-0.05, 0) is 12.8 Å². The van der Waals surface area contributed by atoms with Crippen molar-refractivity contribution < 1.29 is 23.9 Å². The lowest BCUT2D eigenvalue weighted by atomic mass is 10.2. The Morgan fingerprint density at radius 1 is 1.48 bits per heavy atom. The second-order valence-corrected chi connectivity index (χ2v) is 7.31. The molecule has 0 radical (unpaired) electrons. The summed E-state index contributed by atoms with van der Waals surface area (Å²) in [6.07, 6.45) is 3.25. The minimum Gasteiger partial charge on any atom is -0.447 e. The van der Waals surface area contributed by atoms with Crippen molar-refractivity contribution in [2.75, 3.05) is 19.8 Å². The summed E-state index contributed by atoms with van der Waals surface area (Å²) < 4.78 is 7.78. The predicted molar refractivity (Wildman–Crippen MR) is 82.2 cm³/mol. The molecule has 0 aromatic rings. The van der Waals surface area contributed by atoms with Gasteiger partial charge in [-0.3, -0.25) is 0 Å². The summed E-state index contributed by atoms with van der Waals surface area (Å²) in [6, 6.07) is -1.21. The van der Waals surface area contributed by atoms with Crippen molar-refractivity contribution in [2.45, 2.75) is 22.7 Å². The Balaban J connectivity index is 2.02. The summed E-state index contributed by atoms with van der Waals surface area (Å²) >= 11 is 16.6. The van der Waals surface area contributed by atoms with Crippen LogP contribution >= 0.6 is 34.8 Å². The molecule has 1 saturated heterocycles. The molecule has 0 saturated carbocycles. The number of hydrazine groups is 1. The first-order valence-corrected chi connectivity index (χ1v) is 7.85. The quantitative estimate of drug-likeness (QED) is 0.448. The molecule has 128 valence electrons. The van der Waals surface area contributed by atoms with Gasteiger partial charge in [-0.25, -0.2) is 29.7 Å². The van der Waals surface area contributed by atoms with Gasteiger partial charge in [0.2, 0.25) is 3.79 Å². The van der Waals surface area contributed by atoms with E-state index in [0.29, 0.717) is 6.42 Å². The highest BCUT2D eigenvalue weighted by molar-refractivity contribution is 6.67. The van der Waals surface area contributed by atoms with Crippen LogP contribution in [0.1, 0.15) is 12.8 Å². The maximum atomic E-state index is 12.2. The largest absolute Gasteiger partial charge is 0.447 e. The molecule has 1 atom stereocenters. The van der Waals surface area contributed by atoms with Crippen LogP contribution in [0.15, 0.2) is 12.2 Å². The van der Waals surface area contributed by atoms with Gasteiger partial charge in [0.1, 0.15) is 13.2 Å². The van der Waals surface area contributed by atoms with Gasteiger partial charge >= 0.3 is 18.2 Å².